The fraction of sp³-hybridized carbons (Fsp3) is 0.0714. The standard InChI is InChI=1S/C14H12Br2N2O/c1-8-2-4-12(10(6-8)14(17)18)19-13-5-3-9(15)7-11(13)16/h2-7H,1H3,(H3,17,18). The molecule has 0 amide bonds. The zero-order chi connectivity index (χ0) is 14.0. The van der Waals surface area contributed by atoms with E-state index in [0.717, 1.165) is 14.5 Å². The molecule has 0 heterocycles. The Labute approximate surface area is 128 Å². The van der Waals surface area contributed by atoms with Crippen LogP contribution in [0.2, 0.25) is 0 Å². The smallest absolute Gasteiger partial charge is 0.141 e. The van der Waals surface area contributed by atoms with Gasteiger partial charge < -0.3 is 10.5 Å². The fourth-order valence-corrected chi connectivity index (χ4v) is 2.75. The van der Waals surface area contributed by atoms with E-state index < -0.39 is 0 Å². The molecule has 0 aliphatic carbocycles. The maximum atomic E-state index is 7.61. The van der Waals surface area contributed by atoms with E-state index >= 15 is 0 Å². The quantitative estimate of drug-likeness (QED) is 0.601. The van der Waals surface area contributed by atoms with Gasteiger partial charge in [0.1, 0.15) is 17.3 Å². The summed E-state index contributed by atoms with van der Waals surface area (Å²) in [5, 5.41) is 7.61. The SMILES string of the molecule is Cc1ccc(Oc2ccc(Br)cc2Br)c(C(=N)N)c1. The molecule has 0 aliphatic heterocycles. The normalized spacial score (nSPS) is 10.3. The van der Waals surface area contributed by atoms with Crippen LogP contribution in [0.15, 0.2) is 45.3 Å². The van der Waals surface area contributed by atoms with Crippen molar-refractivity contribution in [3.05, 3.63) is 56.5 Å². The molecular formula is C14H12Br2N2O. The van der Waals surface area contributed by atoms with Gasteiger partial charge in [-0.3, -0.25) is 5.41 Å². The first-order valence-electron chi connectivity index (χ1n) is 5.55. The highest BCUT2D eigenvalue weighted by molar-refractivity contribution is 9.11. The topological polar surface area (TPSA) is 59.1 Å². The third-order valence-corrected chi connectivity index (χ3v) is 3.65. The molecule has 3 N–H and O–H groups in total. The maximum absolute atomic E-state index is 7.61. The average Bonchev–Trinajstić information content (AvgIpc) is 2.34. The molecule has 0 spiro atoms. The molecule has 0 radical (unpaired) electrons. The van der Waals surface area contributed by atoms with E-state index in [1.54, 1.807) is 0 Å². The molecule has 3 nitrogen and oxygen atoms in total. The molecule has 0 fully saturated rings. The second-order valence-corrected chi connectivity index (χ2v) is 5.86. The average molecular weight is 384 g/mol. The van der Waals surface area contributed by atoms with Crippen LogP contribution in [0.3, 0.4) is 0 Å². The van der Waals surface area contributed by atoms with Gasteiger partial charge >= 0.3 is 0 Å². The molecule has 0 aliphatic rings. The van der Waals surface area contributed by atoms with Crippen LogP contribution in [0.4, 0.5) is 0 Å². The summed E-state index contributed by atoms with van der Waals surface area (Å²) in [5.41, 5.74) is 7.21. The van der Waals surface area contributed by atoms with Crippen LogP contribution in [-0.2, 0) is 0 Å². The lowest BCUT2D eigenvalue weighted by molar-refractivity contribution is 0.478. The van der Waals surface area contributed by atoms with E-state index in [-0.39, 0.29) is 5.84 Å². The second kappa shape index (κ2) is 5.75. The van der Waals surface area contributed by atoms with E-state index in [2.05, 4.69) is 31.9 Å². The Morgan fingerprint density at radius 2 is 1.79 bits per heavy atom. The third-order valence-electron chi connectivity index (χ3n) is 2.54. The summed E-state index contributed by atoms with van der Waals surface area (Å²) in [4.78, 5) is 0. The summed E-state index contributed by atoms with van der Waals surface area (Å²) in [6.45, 7) is 1.95. The van der Waals surface area contributed by atoms with Gasteiger partial charge in [-0.05, 0) is 53.2 Å². The van der Waals surface area contributed by atoms with Crippen LogP contribution in [0.25, 0.3) is 0 Å². The highest BCUT2D eigenvalue weighted by atomic mass is 79.9. The number of nitrogens with two attached hydrogens (primary N) is 1. The number of halogens is 2. The van der Waals surface area contributed by atoms with Crippen molar-refractivity contribution in [3.8, 4) is 11.5 Å². The summed E-state index contributed by atoms with van der Waals surface area (Å²) in [7, 11) is 0. The van der Waals surface area contributed by atoms with Crippen molar-refractivity contribution in [2.45, 2.75) is 6.92 Å². The van der Waals surface area contributed by atoms with Gasteiger partial charge in [-0.25, -0.2) is 0 Å². The molecule has 0 saturated heterocycles. The first kappa shape index (κ1) is 14.1. The first-order chi connectivity index (χ1) is 8.97. The zero-order valence-corrected chi connectivity index (χ0v) is 13.4. The van der Waals surface area contributed by atoms with E-state index in [4.69, 9.17) is 15.9 Å². The molecule has 98 valence electrons. The molecule has 0 bridgehead atoms. The predicted molar refractivity (Wildman–Crippen MR) is 84.1 cm³/mol. The Balaban J connectivity index is 2.40. The number of hydrogen-bond acceptors (Lipinski definition) is 2. The largest absolute Gasteiger partial charge is 0.455 e. The molecule has 19 heavy (non-hydrogen) atoms. The summed E-state index contributed by atoms with van der Waals surface area (Å²) < 4.78 is 7.61. The third kappa shape index (κ3) is 3.36. The van der Waals surface area contributed by atoms with Crippen LogP contribution in [0.5, 0.6) is 11.5 Å². The molecular weight excluding hydrogens is 372 g/mol. The number of nitrogen functional groups attached to an aromatic ring is 1. The summed E-state index contributed by atoms with van der Waals surface area (Å²) in [5.74, 6) is 1.24. The maximum Gasteiger partial charge on any atom is 0.141 e. The lowest BCUT2D eigenvalue weighted by atomic mass is 10.1. The minimum absolute atomic E-state index is 0.00747. The van der Waals surface area contributed by atoms with Crippen LogP contribution >= 0.6 is 31.9 Å². The highest BCUT2D eigenvalue weighted by Crippen LogP contribution is 2.33. The Kier molecular flexibility index (Phi) is 4.27. The molecule has 2 aromatic carbocycles. The van der Waals surface area contributed by atoms with E-state index in [9.17, 15) is 0 Å². The minimum atomic E-state index is -0.00747. The van der Waals surface area contributed by atoms with Crippen LogP contribution in [0.1, 0.15) is 11.1 Å². The molecule has 5 heteroatoms. The lowest BCUT2D eigenvalue weighted by Crippen LogP contribution is -2.12. The van der Waals surface area contributed by atoms with Crippen molar-refractivity contribution >= 4 is 37.7 Å². The number of amidine groups is 1. The Bertz CT molecular complexity index is 641. The minimum Gasteiger partial charge on any atom is -0.455 e. The van der Waals surface area contributed by atoms with Gasteiger partial charge in [-0.2, -0.15) is 0 Å². The van der Waals surface area contributed by atoms with E-state index in [1.165, 1.54) is 0 Å². The molecule has 0 atom stereocenters. The summed E-state index contributed by atoms with van der Waals surface area (Å²) in [6.07, 6.45) is 0. The van der Waals surface area contributed by atoms with Crippen molar-refractivity contribution in [1.82, 2.24) is 0 Å². The lowest BCUT2D eigenvalue weighted by Gasteiger charge is -2.12. The van der Waals surface area contributed by atoms with Gasteiger partial charge in [0.25, 0.3) is 0 Å². The van der Waals surface area contributed by atoms with Crippen LogP contribution < -0.4 is 10.5 Å². The molecule has 0 aromatic heterocycles. The molecule has 2 rings (SSSR count). The van der Waals surface area contributed by atoms with Gasteiger partial charge in [-0.15, -0.1) is 0 Å². The molecule has 2 aromatic rings. The Morgan fingerprint density at radius 1 is 1.11 bits per heavy atom. The first-order valence-corrected chi connectivity index (χ1v) is 7.14. The number of benzene rings is 2. The van der Waals surface area contributed by atoms with Gasteiger partial charge in [0.15, 0.2) is 0 Å². The van der Waals surface area contributed by atoms with Crippen LogP contribution in [-0.4, -0.2) is 5.84 Å². The van der Waals surface area contributed by atoms with Gasteiger partial charge in [-0.1, -0.05) is 27.6 Å². The van der Waals surface area contributed by atoms with E-state index in [0.29, 0.717) is 17.1 Å². The monoisotopic (exact) mass is 382 g/mol. The van der Waals surface area contributed by atoms with Crippen molar-refractivity contribution in [3.63, 3.8) is 0 Å². The summed E-state index contributed by atoms with van der Waals surface area (Å²) in [6, 6.07) is 11.2. The fourth-order valence-electron chi connectivity index (χ4n) is 1.62. The second-order valence-electron chi connectivity index (χ2n) is 4.09. The van der Waals surface area contributed by atoms with Gasteiger partial charge in [0, 0.05) is 4.47 Å². The number of nitrogens with one attached hydrogen (secondary N) is 1. The number of ether oxygens (including phenoxy) is 1. The van der Waals surface area contributed by atoms with Crippen molar-refractivity contribution in [2.24, 2.45) is 5.73 Å². The molecule has 0 unspecified atom stereocenters. The summed E-state index contributed by atoms with van der Waals surface area (Å²) >= 11 is 6.83. The number of aryl methyl sites for hydroxylation is 1. The molecule has 0 saturated carbocycles. The van der Waals surface area contributed by atoms with Crippen molar-refractivity contribution < 1.29 is 4.74 Å². The number of hydrogen-bond donors (Lipinski definition) is 2. The van der Waals surface area contributed by atoms with Crippen molar-refractivity contribution in [2.75, 3.05) is 0 Å². The van der Waals surface area contributed by atoms with Crippen molar-refractivity contribution in [1.29, 1.82) is 5.41 Å². The predicted octanol–water partition coefficient (Wildman–Crippen LogP) is 4.60. The Morgan fingerprint density at radius 3 is 2.42 bits per heavy atom. The van der Waals surface area contributed by atoms with Gasteiger partial charge in [0.2, 0.25) is 0 Å². The van der Waals surface area contributed by atoms with Crippen LogP contribution in [0, 0.1) is 12.3 Å². The Hall–Kier alpha value is -1.33. The van der Waals surface area contributed by atoms with E-state index in [1.807, 2.05) is 43.3 Å². The van der Waals surface area contributed by atoms with Gasteiger partial charge in [0.05, 0.1) is 10.0 Å². The number of rotatable bonds is 3. The zero-order valence-electron chi connectivity index (χ0n) is 10.2. The highest BCUT2D eigenvalue weighted by Gasteiger charge is 2.10.